The van der Waals surface area contributed by atoms with E-state index in [9.17, 15) is 4.79 Å². The SMILES string of the molecule is CC/C=C(\C)NC(=N/C=C/C(C)CC)c1ccc(-c2ccc(C3CCC(CC(=O)O)CC3)cc2)nc1. The van der Waals surface area contributed by atoms with E-state index in [1.165, 1.54) is 5.56 Å². The van der Waals surface area contributed by atoms with Crippen LogP contribution in [0.5, 0.6) is 0 Å². The number of carboxylic acids is 1. The molecule has 5 nitrogen and oxygen atoms in total. The van der Waals surface area contributed by atoms with Gasteiger partial charge in [0.15, 0.2) is 0 Å². The van der Waals surface area contributed by atoms with E-state index in [2.05, 4.69) is 81.6 Å². The second-order valence-corrected chi connectivity index (χ2v) is 9.99. The van der Waals surface area contributed by atoms with Crippen molar-refractivity contribution >= 4 is 11.8 Å². The highest BCUT2D eigenvalue weighted by Crippen LogP contribution is 2.37. The first-order chi connectivity index (χ1) is 17.4. The molecule has 1 fully saturated rings. The van der Waals surface area contributed by atoms with E-state index in [0.717, 1.165) is 66.9 Å². The van der Waals surface area contributed by atoms with Gasteiger partial charge in [-0.1, -0.05) is 63.6 Å². The number of amidine groups is 1. The smallest absolute Gasteiger partial charge is 0.303 e. The molecule has 1 aromatic heterocycles. The number of nitrogens with zero attached hydrogens (tertiary/aromatic N) is 2. The Hall–Kier alpha value is -3.21. The first kappa shape index (κ1) is 27.4. The van der Waals surface area contributed by atoms with Crippen molar-refractivity contribution in [2.24, 2.45) is 16.8 Å². The molecule has 1 aliphatic carbocycles. The lowest BCUT2D eigenvalue weighted by molar-refractivity contribution is -0.138. The highest BCUT2D eigenvalue weighted by molar-refractivity contribution is 6.00. The van der Waals surface area contributed by atoms with Gasteiger partial charge in [-0.05, 0) is 74.5 Å². The third-order valence-corrected chi connectivity index (χ3v) is 7.11. The molecule has 2 N–H and O–H groups in total. The zero-order valence-electron chi connectivity index (χ0n) is 22.2. The highest BCUT2D eigenvalue weighted by Gasteiger charge is 2.24. The summed E-state index contributed by atoms with van der Waals surface area (Å²) in [6.45, 7) is 8.54. The van der Waals surface area contributed by atoms with Gasteiger partial charge in [0.05, 0.1) is 5.69 Å². The van der Waals surface area contributed by atoms with Crippen LogP contribution in [0.4, 0.5) is 0 Å². The first-order valence-electron chi connectivity index (χ1n) is 13.4. The van der Waals surface area contributed by atoms with Crippen molar-refractivity contribution in [2.45, 2.75) is 78.6 Å². The Kier molecular flexibility index (Phi) is 10.5. The Balaban J connectivity index is 1.70. The molecule has 0 saturated heterocycles. The molecular weight excluding hydrogens is 446 g/mol. The van der Waals surface area contributed by atoms with E-state index in [1.54, 1.807) is 0 Å². The van der Waals surface area contributed by atoms with E-state index in [4.69, 9.17) is 15.1 Å². The number of aliphatic imine (C=N–C) groups is 1. The molecular formula is C31H41N3O2. The Morgan fingerprint density at radius 3 is 2.44 bits per heavy atom. The lowest BCUT2D eigenvalue weighted by Gasteiger charge is -2.28. The minimum atomic E-state index is -0.675. The fourth-order valence-corrected chi connectivity index (χ4v) is 4.70. The minimum absolute atomic E-state index is 0.303. The van der Waals surface area contributed by atoms with Crippen LogP contribution in [0.25, 0.3) is 11.3 Å². The number of aromatic nitrogens is 1. The number of carboxylic acid groups (broad SMARTS) is 1. The molecule has 1 aromatic carbocycles. The predicted molar refractivity (Wildman–Crippen MR) is 149 cm³/mol. The molecule has 0 aliphatic heterocycles. The second kappa shape index (κ2) is 13.8. The van der Waals surface area contributed by atoms with Gasteiger partial charge in [-0.2, -0.15) is 0 Å². The quantitative estimate of drug-likeness (QED) is 0.266. The molecule has 0 radical (unpaired) electrons. The summed E-state index contributed by atoms with van der Waals surface area (Å²) in [5, 5.41) is 12.5. The summed E-state index contributed by atoms with van der Waals surface area (Å²) in [7, 11) is 0. The van der Waals surface area contributed by atoms with Crippen LogP contribution in [0, 0.1) is 11.8 Å². The van der Waals surface area contributed by atoms with Crippen LogP contribution in [0.2, 0.25) is 0 Å². The Bertz CT molecular complexity index is 1060. The molecule has 1 atom stereocenters. The first-order valence-corrected chi connectivity index (χ1v) is 13.4. The molecule has 36 heavy (non-hydrogen) atoms. The van der Waals surface area contributed by atoms with Gasteiger partial charge in [-0.25, -0.2) is 4.99 Å². The van der Waals surface area contributed by atoms with Crippen LogP contribution in [-0.4, -0.2) is 21.9 Å². The van der Waals surface area contributed by atoms with Gasteiger partial charge in [-0.15, -0.1) is 0 Å². The number of allylic oxidation sites excluding steroid dienone is 3. The van der Waals surface area contributed by atoms with Crippen molar-refractivity contribution in [1.29, 1.82) is 0 Å². The molecule has 0 bridgehead atoms. The van der Waals surface area contributed by atoms with E-state index >= 15 is 0 Å². The maximum atomic E-state index is 11.0. The van der Waals surface area contributed by atoms with Crippen molar-refractivity contribution in [3.63, 3.8) is 0 Å². The van der Waals surface area contributed by atoms with Gasteiger partial charge >= 0.3 is 5.97 Å². The maximum Gasteiger partial charge on any atom is 0.303 e. The lowest BCUT2D eigenvalue weighted by atomic mass is 9.77. The number of aliphatic carboxylic acids is 1. The topological polar surface area (TPSA) is 74.6 Å². The van der Waals surface area contributed by atoms with Crippen molar-refractivity contribution < 1.29 is 9.90 Å². The number of hydrogen-bond donors (Lipinski definition) is 2. The van der Waals surface area contributed by atoms with E-state index in [0.29, 0.717) is 24.2 Å². The predicted octanol–water partition coefficient (Wildman–Crippen LogP) is 7.71. The summed E-state index contributed by atoms with van der Waals surface area (Å²) in [6, 6.07) is 12.8. The van der Waals surface area contributed by atoms with Crippen molar-refractivity contribution in [3.05, 3.63) is 77.8 Å². The average Bonchev–Trinajstić information content (AvgIpc) is 2.88. The van der Waals surface area contributed by atoms with Gasteiger partial charge in [0, 0.05) is 35.6 Å². The van der Waals surface area contributed by atoms with E-state index in [1.807, 2.05) is 12.4 Å². The van der Waals surface area contributed by atoms with Crippen molar-refractivity contribution in [1.82, 2.24) is 10.3 Å². The van der Waals surface area contributed by atoms with Crippen LogP contribution in [0.3, 0.4) is 0 Å². The van der Waals surface area contributed by atoms with Crippen LogP contribution < -0.4 is 5.32 Å². The largest absolute Gasteiger partial charge is 0.481 e. The lowest BCUT2D eigenvalue weighted by Crippen LogP contribution is -2.22. The monoisotopic (exact) mass is 487 g/mol. The van der Waals surface area contributed by atoms with E-state index in [-0.39, 0.29) is 0 Å². The molecule has 5 heteroatoms. The molecule has 1 aliphatic rings. The average molecular weight is 488 g/mol. The zero-order chi connectivity index (χ0) is 25.9. The normalized spacial score (nSPS) is 19.9. The third kappa shape index (κ3) is 8.18. The Morgan fingerprint density at radius 1 is 1.14 bits per heavy atom. The summed E-state index contributed by atoms with van der Waals surface area (Å²) < 4.78 is 0. The Morgan fingerprint density at radius 2 is 1.86 bits per heavy atom. The van der Waals surface area contributed by atoms with E-state index < -0.39 is 5.97 Å². The molecule has 3 rings (SSSR count). The van der Waals surface area contributed by atoms with Gasteiger partial charge in [0.25, 0.3) is 0 Å². The number of nitrogens with one attached hydrogen (secondary N) is 1. The highest BCUT2D eigenvalue weighted by atomic mass is 16.4. The van der Waals surface area contributed by atoms with Crippen molar-refractivity contribution in [3.8, 4) is 11.3 Å². The Labute approximate surface area is 216 Å². The molecule has 0 amide bonds. The fraction of sp³-hybridized carbons (Fsp3) is 0.452. The van der Waals surface area contributed by atoms with Gasteiger partial charge in [0.2, 0.25) is 0 Å². The van der Waals surface area contributed by atoms with Crippen LogP contribution >= 0.6 is 0 Å². The summed E-state index contributed by atoms with van der Waals surface area (Å²) in [5.74, 6) is 1.46. The number of carbonyl (C=O) groups is 1. The molecule has 2 aromatic rings. The minimum Gasteiger partial charge on any atom is -0.481 e. The zero-order valence-corrected chi connectivity index (χ0v) is 22.2. The number of rotatable bonds is 10. The summed E-state index contributed by atoms with van der Waals surface area (Å²) in [4.78, 5) is 20.4. The summed E-state index contributed by atoms with van der Waals surface area (Å²) >= 11 is 0. The molecule has 192 valence electrons. The second-order valence-electron chi connectivity index (χ2n) is 9.99. The molecule has 1 unspecified atom stereocenters. The van der Waals surface area contributed by atoms with Crippen molar-refractivity contribution in [2.75, 3.05) is 0 Å². The third-order valence-electron chi connectivity index (χ3n) is 7.11. The van der Waals surface area contributed by atoms with Crippen LogP contribution in [-0.2, 0) is 4.79 Å². The maximum absolute atomic E-state index is 11.0. The number of hydrogen-bond acceptors (Lipinski definition) is 3. The number of benzene rings is 1. The molecule has 1 saturated carbocycles. The van der Waals surface area contributed by atoms with Gasteiger partial charge in [-0.3, -0.25) is 9.78 Å². The number of pyridine rings is 1. The molecule has 0 spiro atoms. The summed E-state index contributed by atoms with van der Waals surface area (Å²) in [5.41, 5.74) is 5.39. The summed E-state index contributed by atoms with van der Waals surface area (Å²) in [6.07, 6.45) is 14.5. The van der Waals surface area contributed by atoms with Crippen LogP contribution in [0.1, 0.15) is 89.7 Å². The van der Waals surface area contributed by atoms with Gasteiger partial charge < -0.3 is 10.4 Å². The fourth-order valence-electron chi connectivity index (χ4n) is 4.70. The molecule has 1 heterocycles. The van der Waals surface area contributed by atoms with Gasteiger partial charge in [0.1, 0.15) is 5.84 Å². The standard InChI is InChI=1S/C31H41N3O2/c1-5-7-23(4)34-31(32-19-18-22(3)6-2)28-16-17-29(33-21-28)27-14-12-26(13-15-27)25-10-8-24(9-11-25)20-30(35)36/h7,12-19,21-22,24-25H,5-6,8-11,20H2,1-4H3,(H,32,34)(H,35,36)/b19-18+,23-7+. The van der Waals surface area contributed by atoms with Crippen LogP contribution in [0.15, 0.2) is 71.6 Å².